The van der Waals surface area contributed by atoms with Crippen molar-refractivity contribution in [3.8, 4) is 5.69 Å². The molecule has 0 radical (unpaired) electrons. The Morgan fingerprint density at radius 3 is 2.42 bits per heavy atom. The van der Waals surface area contributed by atoms with Gasteiger partial charge in [0.25, 0.3) is 5.56 Å². The van der Waals surface area contributed by atoms with E-state index in [9.17, 15) is 9.18 Å². The summed E-state index contributed by atoms with van der Waals surface area (Å²) in [6, 6.07) is 12.3. The Morgan fingerprint density at radius 1 is 1.03 bits per heavy atom. The molecule has 1 aliphatic heterocycles. The van der Waals surface area contributed by atoms with E-state index in [2.05, 4.69) is 9.88 Å². The van der Waals surface area contributed by atoms with E-state index in [0.29, 0.717) is 28.1 Å². The van der Waals surface area contributed by atoms with E-state index in [1.165, 1.54) is 12.1 Å². The molecule has 1 saturated heterocycles. The van der Waals surface area contributed by atoms with Crippen molar-refractivity contribution in [1.29, 1.82) is 0 Å². The predicted molar refractivity (Wildman–Crippen MR) is 124 cm³/mol. The SMILES string of the molecule is Cc1cc(=O)n(-c2ccc(N3CCC(Cc4ccc(Cl)c(F)c4)CC3)c(Cl)c2)c(C)n1. The van der Waals surface area contributed by atoms with Crippen LogP contribution in [0.3, 0.4) is 0 Å². The molecule has 7 heteroatoms. The Hall–Kier alpha value is -2.37. The number of rotatable bonds is 4. The zero-order valence-corrected chi connectivity index (χ0v) is 19.0. The molecule has 31 heavy (non-hydrogen) atoms. The molecule has 0 aliphatic carbocycles. The average Bonchev–Trinajstić information content (AvgIpc) is 2.71. The minimum atomic E-state index is -0.360. The van der Waals surface area contributed by atoms with Gasteiger partial charge >= 0.3 is 0 Å². The Balaban J connectivity index is 1.45. The summed E-state index contributed by atoms with van der Waals surface area (Å²) in [6.45, 7) is 5.38. The number of halogens is 3. The first-order valence-corrected chi connectivity index (χ1v) is 11.1. The molecular weight excluding hydrogens is 436 g/mol. The number of aryl methyl sites for hydroxylation is 2. The van der Waals surface area contributed by atoms with Crippen molar-refractivity contribution in [2.45, 2.75) is 33.1 Å². The van der Waals surface area contributed by atoms with Crippen LogP contribution in [0.25, 0.3) is 5.69 Å². The van der Waals surface area contributed by atoms with Gasteiger partial charge in [0.1, 0.15) is 11.6 Å². The topological polar surface area (TPSA) is 38.1 Å². The van der Waals surface area contributed by atoms with Crippen molar-refractivity contribution in [3.05, 3.63) is 85.8 Å². The first-order valence-electron chi connectivity index (χ1n) is 10.4. The van der Waals surface area contributed by atoms with Crippen LogP contribution >= 0.6 is 23.2 Å². The normalized spacial score (nSPS) is 14.8. The van der Waals surface area contributed by atoms with Crippen LogP contribution in [-0.4, -0.2) is 22.6 Å². The van der Waals surface area contributed by atoms with Gasteiger partial charge in [-0.25, -0.2) is 9.37 Å². The summed E-state index contributed by atoms with van der Waals surface area (Å²) in [6.07, 6.45) is 2.85. The number of piperidine rings is 1. The number of anilines is 1. The quantitative estimate of drug-likeness (QED) is 0.497. The summed E-state index contributed by atoms with van der Waals surface area (Å²) in [7, 11) is 0. The number of benzene rings is 2. The maximum Gasteiger partial charge on any atom is 0.258 e. The third kappa shape index (κ3) is 4.78. The van der Waals surface area contributed by atoms with Crippen molar-refractivity contribution in [2.24, 2.45) is 5.92 Å². The zero-order chi connectivity index (χ0) is 22.1. The van der Waals surface area contributed by atoms with Gasteiger partial charge in [0, 0.05) is 24.8 Å². The van der Waals surface area contributed by atoms with Crippen LogP contribution < -0.4 is 10.5 Å². The summed E-state index contributed by atoms with van der Waals surface area (Å²) in [5.41, 5.74) is 3.24. The van der Waals surface area contributed by atoms with Gasteiger partial charge in [-0.05, 0) is 74.9 Å². The number of hydrogen-bond acceptors (Lipinski definition) is 3. The lowest BCUT2D eigenvalue weighted by molar-refractivity contribution is 0.403. The molecule has 1 aromatic heterocycles. The van der Waals surface area contributed by atoms with E-state index in [4.69, 9.17) is 23.2 Å². The first-order chi connectivity index (χ1) is 14.8. The smallest absolute Gasteiger partial charge is 0.258 e. The Labute approximate surface area is 191 Å². The van der Waals surface area contributed by atoms with E-state index >= 15 is 0 Å². The molecule has 0 unspecified atom stereocenters. The fourth-order valence-electron chi connectivity index (χ4n) is 4.32. The fraction of sp³-hybridized carbons (Fsp3) is 0.333. The van der Waals surface area contributed by atoms with Crippen LogP contribution in [0.15, 0.2) is 47.3 Å². The highest BCUT2D eigenvalue weighted by Gasteiger charge is 2.22. The highest BCUT2D eigenvalue weighted by molar-refractivity contribution is 6.33. The van der Waals surface area contributed by atoms with Crippen molar-refractivity contribution in [2.75, 3.05) is 18.0 Å². The van der Waals surface area contributed by atoms with Crippen molar-refractivity contribution in [1.82, 2.24) is 9.55 Å². The Kier molecular flexibility index (Phi) is 6.35. The van der Waals surface area contributed by atoms with Crippen LogP contribution in [0, 0.1) is 25.6 Å². The third-order valence-corrected chi connectivity index (χ3v) is 6.48. The molecule has 2 aromatic carbocycles. The van der Waals surface area contributed by atoms with E-state index in [1.807, 2.05) is 38.1 Å². The second kappa shape index (κ2) is 9.01. The summed E-state index contributed by atoms with van der Waals surface area (Å²) in [5.74, 6) is 0.768. The van der Waals surface area contributed by atoms with Crippen LogP contribution in [0.2, 0.25) is 10.0 Å². The Bertz CT molecular complexity index is 1170. The van der Waals surface area contributed by atoms with Crippen molar-refractivity contribution < 1.29 is 4.39 Å². The van der Waals surface area contributed by atoms with E-state index in [-0.39, 0.29) is 16.4 Å². The third-order valence-electron chi connectivity index (χ3n) is 5.87. The molecule has 0 bridgehead atoms. The monoisotopic (exact) mass is 459 g/mol. The fourth-order valence-corrected chi connectivity index (χ4v) is 4.74. The molecule has 4 nitrogen and oxygen atoms in total. The van der Waals surface area contributed by atoms with Crippen LogP contribution in [-0.2, 0) is 6.42 Å². The van der Waals surface area contributed by atoms with Crippen LogP contribution in [0.4, 0.5) is 10.1 Å². The lowest BCUT2D eigenvalue weighted by Crippen LogP contribution is -2.34. The molecule has 162 valence electrons. The second-order valence-electron chi connectivity index (χ2n) is 8.14. The average molecular weight is 460 g/mol. The molecule has 1 aliphatic rings. The summed E-state index contributed by atoms with van der Waals surface area (Å²) >= 11 is 12.4. The predicted octanol–water partition coefficient (Wildman–Crippen LogP) is 5.75. The first kappa shape index (κ1) is 21.8. The Morgan fingerprint density at radius 2 is 1.77 bits per heavy atom. The van der Waals surface area contributed by atoms with Gasteiger partial charge in [0.05, 0.1) is 21.4 Å². The molecular formula is C24H24Cl2FN3O. The molecule has 0 N–H and O–H groups in total. The second-order valence-corrected chi connectivity index (χ2v) is 8.95. The zero-order valence-electron chi connectivity index (χ0n) is 17.5. The van der Waals surface area contributed by atoms with Gasteiger partial charge in [0.2, 0.25) is 0 Å². The molecule has 0 atom stereocenters. The van der Waals surface area contributed by atoms with Gasteiger partial charge < -0.3 is 4.90 Å². The lowest BCUT2D eigenvalue weighted by atomic mass is 9.90. The van der Waals surface area contributed by atoms with Crippen LogP contribution in [0.5, 0.6) is 0 Å². The molecule has 0 saturated carbocycles. The minimum absolute atomic E-state index is 0.117. The molecule has 0 spiro atoms. The van der Waals surface area contributed by atoms with Gasteiger partial charge in [0.15, 0.2) is 0 Å². The minimum Gasteiger partial charge on any atom is -0.370 e. The van der Waals surface area contributed by atoms with E-state index in [0.717, 1.165) is 43.6 Å². The molecule has 1 fully saturated rings. The highest BCUT2D eigenvalue weighted by Crippen LogP contribution is 2.32. The van der Waals surface area contributed by atoms with Gasteiger partial charge in [-0.1, -0.05) is 29.3 Å². The largest absolute Gasteiger partial charge is 0.370 e. The summed E-state index contributed by atoms with van der Waals surface area (Å²) in [4.78, 5) is 19.1. The van der Waals surface area contributed by atoms with Crippen molar-refractivity contribution in [3.63, 3.8) is 0 Å². The number of nitrogens with zero attached hydrogens (tertiary/aromatic N) is 3. The lowest BCUT2D eigenvalue weighted by Gasteiger charge is -2.34. The number of hydrogen-bond donors (Lipinski definition) is 0. The summed E-state index contributed by atoms with van der Waals surface area (Å²) < 4.78 is 15.3. The van der Waals surface area contributed by atoms with Gasteiger partial charge in [-0.15, -0.1) is 0 Å². The van der Waals surface area contributed by atoms with Gasteiger partial charge in [-0.2, -0.15) is 0 Å². The maximum absolute atomic E-state index is 13.7. The standard InChI is InChI=1S/C24H24Cl2FN3O/c1-15-11-24(31)30(16(2)28-15)19-4-6-23(21(26)14-19)29-9-7-17(8-10-29)12-18-3-5-20(25)22(27)13-18/h3-6,11,13-14,17H,7-10,12H2,1-2H3. The van der Waals surface area contributed by atoms with Crippen molar-refractivity contribution >= 4 is 28.9 Å². The number of aromatic nitrogens is 2. The van der Waals surface area contributed by atoms with E-state index < -0.39 is 0 Å². The molecule has 3 aromatic rings. The van der Waals surface area contributed by atoms with Crippen LogP contribution in [0.1, 0.15) is 29.9 Å². The maximum atomic E-state index is 13.7. The van der Waals surface area contributed by atoms with E-state index in [1.54, 1.807) is 10.6 Å². The molecule has 2 heterocycles. The molecule has 0 amide bonds. The molecule has 4 rings (SSSR count). The van der Waals surface area contributed by atoms with Gasteiger partial charge in [-0.3, -0.25) is 9.36 Å². The highest BCUT2D eigenvalue weighted by atomic mass is 35.5. The summed E-state index contributed by atoms with van der Waals surface area (Å²) in [5, 5.41) is 0.776.